The van der Waals surface area contributed by atoms with Gasteiger partial charge in [0.2, 0.25) is 0 Å². The quantitative estimate of drug-likeness (QED) is 0.831. The molecule has 0 aromatic heterocycles. The van der Waals surface area contributed by atoms with E-state index in [-0.39, 0.29) is 17.8 Å². The van der Waals surface area contributed by atoms with E-state index in [0.29, 0.717) is 18.7 Å². The number of carbonyl (C=O) groups is 1. The fraction of sp³-hybridized carbons (Fsp3) is 0.417. The molecule has 4 nitrogen and oxygen atoms in total. The topological polar surface area (TPSA) is 49.8 Å². The molecule has 5 heteroatoms. The van der Waals surface area contributed by atoms with Gasteiger partial charge in [0.15, 0.2) is 0 Å². The van der Waals surface area contributed by atoms with Gasteiger partial charge in [-0.05, 0) is 47.2 Å². The van der Waals surface area contributed by atoms with E-state index in [1.807, 2.05) is 0 Å². The van der Waals surface area contributed by atoms with Gasteiger partial charge in [-0.2, -0.15) is 0 Å². The van der Waals surface area contributed by atoms with Gasteiger partial charge in [-0.25, -0.2) is 0 Å². The predicted octanol–water partition coefficient (Wildman–Crippen LogP) is 1.86. The van der Waals surface area contributed by atoms with E-state index in [0.717, 1.165) is 9.99 Å². The van der Waals surface area contributed by atoms with E-state index >= 15 is 0 Å². The van der Waals surface area contributed by atoms with E-state index in [1.54, 1.807) is 30.2 Å². The highest BCUT2D eigenvalue weighted by molar-refractivity contribution is 14.1. The Bertz CT molecular complexity index is 436. The molecule has 17 heavy (non-hydrogen) atoms. The lowest BCUT2D eigenvalue weighted by molar-refractivity contribution is 0.0721. The van der Waals surface area contributed by atoms with Crippen LogP contribution in [0, 0.1) is 3.57 Å². The number of nitrogens with zero attached hydrogens (tertiary/aromatic N) is 1. The van der Waals surface area contributed by atoms with Crippen LogP contribution in [-0.2, 0) is 4.74 Å². The van der Waals surface area contributed by atoms with E-state index in [4.69, 9.17) is 4.74 Å². The summed E-state index contributed by atoms with van der Waals surface area (Å²) >= 11 is 2.12. The smallest absolute Gasteiger partial charge is 0.257 e. The molecule has 0 spiro atoms. The summed E-state index contributed by atoms with van der Waals surface area (Å²) in [6.07, 6.45) is 0.969. The number of methoxy groups -OCH3 is 1. The number of aromatic hydroxyl groups is 1. The van der Waals surface area contributed by atoms with Crippen LogP contribution in [0.1, 0.15) is 16.8 Å². The number of halogens is 1. The number of amides is 1. The van der Waals surface area contributed by atoms with Crippen molar-refractivity contribution in [1.29, 1.82) is 0 Å². The van der Waals surface area contributed by atoms with Crippen LogP contribution in [-0.4, -0.2) is 42.2 Å². The van der Waals surface area contributed by atoms with Crippen molar-refractivity contribution in [3.63, 3.8) is 0 Å². The fourth-order valence-corrected chi connectivity index (χ4v) is 2.45. The van der Waals surface area contributed by atoms with Crippen molar-refractivity contribution < 1.29 is 14.6 Å². The number of likely N-dealkylation sites (tertiary alicyclic amines) is 1. The zero-order chi connectivity index (χ0) is 12.4. The Balaban J connectivity index is 2.17. The molecule has 1 amide bonds. The molecule has 1 aliphatic heterocycles. The second-order valence-corrected chi connectivity index (χ2v) is 5.30. The molecular formula is C12H14INO3. The third kappa shape index (κ3) is 2.71. The third-order valence-electron chi connectivity index (χ3n) is 2.95. The van der Waals surface area contributed by atoms with Crippen molar-refractivity contribution in [2.45, 2.75) is 12.5 Å². The van der Waals surface area contributed by atoms with Crippen molar-refractivity contribution in [2.75, 3.05) is 20.2 Å². The lowest BCUT2D eigenvalue weighted by Gasteiger charge is -2.17. The van der Waals surface area contributed by atoms with Crippen LogP contribution in [0.2, 0.25) is 0 Å². The predicted molar refractivity (Wildman–Crippen MR) is 72.1 cm³/mol. The lowest BCUT2D eigenvalue weighted by Crippen LogP contribution is -2.30. The molecule has 0 radical (unpaired) electrons. The molecule has 0 bridgehead atoms. The van der Waals surface area contributed by atoms with Crippen molar-refractivity contribution >= 4 is 28.5 Å². The molecule has 1 aliphatic rings. The first-order valence-electron chi connectivity index (χ1n) is 5.42. The molecule has 1 unspecified atom stereocenters. The molecule has 0 saturated carbocycles. The first kappa shape index (κ1) is 12.6. The van der Waals surface area contributed by atoms with E-state index in [2.05, 4.69) is 22.6 Å². The summed E-state index contributed by atoms with van der Waals surface area (Å²) in [5.74, 6) is -0.0863. The summed E-state index contributed by atoms with van der Waals surface area (Å²) in [7, 11) is 1.65. The minimum absolute atomic E-state index is 0.0382. The van der Waals surface area contributed by atoms with Gasteiger partial charge in [0.1, 0.15) is 5.75 Å². The number of benzene rings is 1. The first-order valence-corrected chi connectivity index (χ1v) is 6.50. The summed E-state index contributed by atoms with van der Waals surface area (Å²) in [6.45, 7) is 1.28. The van der Waals surface area contributed by atoms with Gasteiger partial charge in [-0.3, -0.25) is 4.79 Å². The molecular weight excluding hydrogens is 333 g/mol. The third-order valence-corrected chi connectivity index (χ3v) is 3.63. The van der Waals surface area contributed by atoms with Crippen molar-refractivity contribution in [3.8, 4) is 5.75 Å². The van der Waals surface area contributed by atoms with Crippen LogP contribution in [0.15, 0.2) is 18.2 Å². The highest BCUT2D eigenvalue weighted by atomic mass is 127. The Morgan fingerprint density at radius 3 is 3.00 bits per heavy atom. The molecule has 0 aliphatic carbocycles. The van der Waals surface area contributed by atoms with Gasteiger partial charge < -0.3 is 14.7 Å². The van der Waals surface area contributed by atoms with Crippen LogP contribution < -0.4 is 0 Å². The number of hydrogen-bond donors (Lipinski definition) is 1. The van der Waals surface area contributed by atoms with Gasteiger partial charge in [0.25, 0.3) is 5.91 Å². The highest BCUT2D eigenvalue weighted by Gasteiger charge is 2.28. The van der Waals surface area contributed by atoms with Crippen molar-refractivity contribution in [3.05, 3.63) is 27.3 Å². The number of ether oxygens (including phenoxy) is 1. The van der Waals surface area contributed by atoms with E-state index in [1.165, 1.54) is 0 Å². The van der Waals surface area contributed by atoms with Crippen molar-refractivity contribution in [2.24, 2.45) is 0 Å². The highest BCUT2D eigenvalue weighted by Crippen LogP contribution is 2.23. The van der Waals surface area contributed by atoms with Gasteiger partial charge in [-0.1, -0.05) is 0 Å². The summed E-state index contributed by atoms with van der Waals surface area (Å²) < 4.78 is 6.16. The summed E-state index contributed by atoms with van der Waals surface area (Å²) in [5, 5.41) is 9.71. The molecule has 92 valence electrons. The largest absolute Gasteiger partial charge is 0.507 e. The molecule has 1 heterocycles. The standard InChI is InChI=1S/C12H14INO3/c1-17-9-4-5-14(7-9)12(16)10-6-8(13)2-3-11(10)15/h2-3,6,9,15H,4-5,7H2,1H3. The summed E-state index contributed by atoms with van der Waals surface area (Å²) in [5.41, 5.74) is 0.369. The Labute approximate surface area is 114 Å². The Morgan fingerprint density at radius 1 is 1.59 bits per heavy atom. The number of phenols is 1. The van der Waals surface area contributed by atoms with Crippen LogP contribution >= 0.6 is 22.6 Å². The van der Waals surface area contributed by atoms with Gasteiger partial charge in [0, 0.05) is 23.8 Å². The number of carbonyl (C=O) groups excluding carboxylic acids is 1. The second-order valence-electron chi connectivity index (χ2n) is 4.06. The van der Waals surface area contributed by atoms with E-state index in [9.17, 15) is 9.90 Å². The maximum atomic E-state index is 12.2. The minimum Gasteiger partial charge on any atom is -0.507 e. The molecule has 1 N–H and O–H groups in total. The Hall–Kier alpha value is -0.820. The van der Waals surface area contributed by atoms with Crippen LogP contribution in [0.5, 0.6) is 5.75 Å². The summed E-state index contributed by atoms with van der Waals surface area (Å²) in [4.78, 5) is 13.9. The maximum Gasteiger partial charge on any atom is 0.257 e. The molecule has 1 saturated heterocycles. The Morgan fingerprint density at radius 2 is 2.35 bits per heavy atom. The molecule has 1 aromatic carbocycles. The average molecular weight is 347 g/mol. The van der Waals surface area contributed by atoms with Gasteiger partial charge in [-0.15, -0.1) is 0 Å². The van der Waals surface area contributed by atoms with Crippen LogP contribution in [0.3, 0.4) is 0 Å². The molecule has 1 atom stereocenters. The number of rotatable bonds is 2. The SMILES string of the molecule is COC1CCN(C(=O)c2cc(I)ccc2O)C1. The van der Waals surface area contributed by atoms with Crippen LogP contribution in [0.4, 0.5) is 0 Å². The lowest BCUT2D eigenvalue weighted by atomic mass is 10.2. The molecule has 1 fully saturated rings. The first-order chi connectivity index (χ1) is 8.11. The fourth-order valence-electron chi connectivity index (χ4n) is 1.95. The monoisotopic (exact) mass is 347 g/mol. The number of phenolic OH excluding ortho intramolecular Hbond substituents is 1. The zero-order valence-corrected chi connectivity index (χ0v) is 11.7. The normalized spacial score (nSPS) is 19.6. The molecule has 1 aromatic rings. The average Bonchev–Trinajstić information content (AvgIpc) is 2.80. The minimum atomic E-state index is -0.124. The van der Waals surface area contributed by atoms with Gasteiger partial charge >= 0.3 is 0 Å². The van der Waals surface area contributed by atoms with Crippen LogP contribution in [0.25, 0.3) is 0 Å². The molecule has 2 rings (SSSR count). The zero-order valence-electron chi connectivity index (χ0n) is 9.52. The maximum absolute atomic E-state index is 12.2. The summed E-state index contributed by atoms with van der Waals surface area (Å²) in [6, 6.07) is 5.03. The number of hydrogen-bond acceptors (Lipinski definition) is 3. The second kappa shape index (κ2) is 5.22. The van der Waals surface area contributed by atoms with Crippen molar-refractivity contribution in [1.82, 2.24) is 4.90 Å². The van der Waals surface area contributed by atoms with E-state index < -0.39 is 0 Å². The Kier molecular flexibility index (Phi) is 3.88. The van der Waals surface area contributed by atoms with Gasteiger partial charge in [0.05, 0.1) is 11.7 Å².